The lowest BCUT2D eigenvalue weighted by atomic mass is 10.0. The van der Waals surface area contributed by atoms with Gasteiger partial charge in [-0.25, -0.2) is 0 Å². The largest absolute Gasteiger partial charge is 0.495 e. The van der Waals surface area contributed by atoms with Crippen LogP contribution in [0.3, 0.4) is 0 Å². The molecule has 2 amide bonds. The van der Waals surface area contributed by atoms with Crippen LogP contribution in [-0.2, 0) is 9.59 Å². The van der Waals surface area contributed by atoms with E-state index < -0.39 is 11.9 Å². The highest BCUT2D eigenvalue weighted by Crippen LogP contribution is 2.35. The first-order valence-corrected chi connectivity index (χ1v) is 11.0. The van der Waals surface area contributed by atoms with Crippen LogP contribution in [0, 0.1) is 5.92 Å². The van der Waals surface area contributed by atoms with Crippen molar-refractivity contribution >= 4 is 29.3 Å². The third kappa shape index (κ3) is 7.80. The Morgan fingerprint density at radius 2 is 2.12 bits per heavy atom. The minimum Gasteiger partial charge on any atom is -0.495 e. The minimum absolute atomic E-state index is 0.0181. The van der Waals surface area contributed by atoms with Crippen molar-refractivity contribution in [2.45, 2.75) is 32.7 Å². The number of amides is 2. The summed E-state index contributed by atoms with van der Waals surface area (Å²) in [5.41, 5.74) is 5.85. The second-order valence-electron chi connectivity index (χ2n) is 7.84. The number of carbonyl (C=O) groups is 2. The first-order valence-electron chi connectivity index (χ1n) is 10.7. The van der Waals surface area contributed by atoms with Gasteiger partial charge in [0.15, 0.2) is 0 Å². The van der Waals surface area contributed by atoms with E-state index in [1.807, 2.05) is 13.8 Å². The highest BCUT2D eigenvalue weighted by atomic mass is 35.5. The molecule has 0 aliphatic carbocycles. The van der Waals surface area contributed by atoms with E-state index >= 15 is 0 Å². The lowest BCUT2D eigenvalue weighted by molar-refractivity contribution is -0.134. The summed E-state index contributed by atoms with van der Waals surface area (Å²) in [5.74, 6) is 0.460. The van der Waals surface area contributed by atoms with E-state index in [1.165, 1.54) is 24.2 Å². The van der Waals surface area contributed by atoms with Gasteiger partial charge in [-0.15, -0.1) is 0 Å². The molecule has 9 nitrogen and oxygen atoms in total. The molecule has 1 atom stereocenters. The normalized spacial score (nSPS) is 15.2. The number of nitrogens with two attached hydrogens (primary N) is 1. The average Bonchev–Trinajstić information content (AvgIpc) is 3.12. The summed E-state index contributed by atoms with van der Waals surface area (Å²) in [6.45, 7) is 4.66. The fourth-order valence-electron chi connectivity index (χ4n) is 3.16. The van der Waals surface area contributed by atoms with E-state index in [4.69, 9.17) is 31.9 Å². The van der Waals surface area contributed by atoms with Gasteiger partial charge in [-0.3, -0.25) is 9.59 Å². The van der Waals surface area contributed by atoms with Crippen LogP contribution in [0.5, 0.6) is 11.5 Å². The lowest BCUT2D eigenvalue weighted by Gasteiger charge is -2.26. The van der Waals surface area contributed by atoms with E-state index in [-0.39, 0.29) is 30.8 Å². The van der Waals surface area contributed by atoms with E-state index in [1.54, 1.807) is 24.4 Å². The predicted molar refractivity (Wildman–Crippen MR) is 127 cm³/mol. The third-order valence-electron chi connectivity index (χ3n) is 4.73. The smallest absolute Gasteiger partial charge is 0.270 e. The van der Waals surface area contributed by atoms with Gasteiger partial charge >= 0.3 is 0 Å². The second kappa shape index (κ2) is 12.9. The van der Waals surface area contributed by atoms with Crippen molar-refractivity contribution in [3.63, 3.8) is 0 Å². The molecule has 2 rings (SSSR count). The molecule has 33 heavy (non-hydrogen) atoms. The number of halogens is 1. The molecule has 0 bridgehead atoms. The first kappa shape index (κ1) is 26.2. The van der Waals surface area contributed by atoms with E-state index in [0.29, 0.717) is 41.7 Å². The summed E-state index contributed by atoms with van der Waals surface area (Å²) in [4.78, 5) is 31.0. The molecule has 0 radical (unpaired) electrons. The number of rotatable bonds is 12. The summed E-state index contributed by atoms with van der Waals surface area (Å²) in [6, 6.07) is 4.31. The maximum absolute atomic E-state index is 12.9. The molecule has 0 aromatic heterocycles. The summed E-state index contributed by atoms with van der Waals surface area (Å²) >= 11 is 6.28. The number of nitrogens with one attached hydrogen (secondary N) is 1. The molecule has 0 saturated heterocycles. The highest BCUT2D eigenvalue weighted by molar-refractivity contribution is 6.33. The molecular formula is C23H31ClN4O5. The monoisotopic (exact) mass is 478 g/mol. The molecule has 0 saturated carbocycles. The molecule has 10 heteroatoms. The Kier molecular flexibility index (Phi) is 10.2. The predicted octanol–water partition coefficient (Wildman–Crippen LogP) is 2.24. The zero-order valence-corrected chi connectivity index (χ0v) is 19.8. The van der Waals surface area contributed by atoms with Crippen molar-refractivity contribution in [1.82, 2.24) is 10.2 Å². The highest BCUT2D eigenvalue weighted by Gasteiger charge is 2.35. The Balaban J connectivity index is 2.11. The molecule has 1 aromatic rings. The second-order valence-corrected chi connectivity index (χ2v) is 8.21. The van der Waals surface area contributed by atoms with Gasteiger partial charge in [-0.05, 0) is 37.0 Å². The van der Waals surface area contributed by atoms with Crippen LogP contribution < -0.4 is 20.5 Å². The Bertz CT molecular complexity index is 929. The fourth-order valence-corrected chi connectivity index (χ4v) is 3.40. The summed E-state index contributed by atoms with van der Waals surface area (Å²) < 4.78 is 11.0. The SMILES string of the molecule is COc1cccc(OC2=CC(=O)N([C@@H](CC(C)C)C(=O)N=C(N)/C=C\NCCCO)C2)c1Cl. The Labute approximate surface area is 198 Å². The quantitative estimate of drug-likeness (QED) is 0.239. The third-order valence-corrected chi connectivity index (χ3v) is 5.10. The van der Waals surface area contributed by atoms with Gasteiger partial charge in [0.1, 0.15) is 34.2 Å². The molecular weight excluding hydrogens is 448 g/mol. The lowest BCUT2D eigenvalue weighted by Crippen LogP contribution is -2.43. The van der Waals surface area contributed by atoms with Gasteiger partial charge in [-0.2, -0.15) is 4.99 Å². The van der Waals surface area contributed by atoms with Gasteiger partial charge in [0.2, 0.25) is 0 Å². The van der Waals surface area contributed by atoms with Crippen molar-refractivity contribution in [3.8, 4) is 11.5 Å². The van der Waals surface area contributed by atoms with Crippen molar-refractivity contribution in [1.29, 1.82) is 0 Å². The maximum atomic E-state index is 12.9. The van der Waals surface area contributed by atoms with Gasteiger partial charge in [0, 0.05) is 25.4 Å². The number of aliphatic hydroxyl groups is 1. The number of ether oxygens (including phenoxy) is 2. The van der Waals surface area contributed by atoms with Crippen LogP contribution in [-0.4, -0.2) is 60.5 Å². The van der Waals surface area contributed by atoms with Crippen molar-refractivity contribution in [2.75, 3.05) is 26.8 Å². The number of aliphatic imine (C=N–C) groups is 1. The van der Waals surface area contributed by atoms with Crippen LogP contribution in [0.15, 0.2) is 47.3 Å². The molecule has 1 aliphatic rings. The number of carbonyl (C=O) groups excluding carboxylic acids is 2. The van der Waals surface area contributed by atoms with Crippen LogP contribution >= 0.6 is 11.6 Å². The number of hydrogen-bond acceptors (Lipinski definition) is 6. The van der Waals surface area contributed by atoms with Crippen LogP contribution in [0.4, 0.5) is 0 Å². The van der Waals surface area contributed by atoms with E-state index in [0.717, 1.165) is 0 Å². The van der Waals surface area contributed by atoms with E-state index in [2.05, 4.69) is 10.3 Å². The number of benzene rings is 1. The number of amidine groups is 1. The van der Waals surface area contributed by atoms with Gasteiger partial charge in [-0.1, -0.05) is 31.5 Å². The first-order chi connectivity index (χ1) is 15.8. The number of methoxy groups -OCH3 is 1. The Hall–Kier alpha value is -3.04. The Morgan fingerprint density at radius 1 is 1.39 bits per heavy atom. The molecule has 1 heterocycles. The zero-order chi connectivity index (χ0) is 24.4. The molecule has 1 aliphatic heterocycles. The van der Waals surface area contributed by atoms with Crippen molar-refractivity contribution in [3.05, 3.63) is 47.3 Å². The fraction of sp³-hybridized carbons (Fsp3) is 0.435. The summed E-state index contributed by atoms with van der Waals surface area (Å²) in [6.07, 6.45) is 5.37. The molecule has 0 spiro atoms. The maximum Gasteiger partial charge on any atom is 0.270 e. The molecule has 1 aromatic carbocycles. The molecule has 4 N–H and O–H groups in total. The molecule has 0 unspecified atom stereocenters. The average molecular weight is 479 g/mol. The number of hydrogen-bond donors (Lipinski definition) is 3. The number of aliphatic hydroxyl groups excluding tert-OH is 1. The molecule has 0 fully saturated rings. The summed E-state index contributed by atoms with van der Waals surface area (Å²) in [7, 11) is 1.50. The van der Waals surface area contributed by atoms with Crippen molar-refractivity contribution in [2.24, 2.45) is 16.6 Å². The van der Waals surface area contributed by atoms with Gasteiger partial charge in [0.25, 0.3) is 11.8 Å². The summed E-state index contributed by atoms with van der Waals surface area (Å²) in [5, 5.41) is 12.0. The van der Waals surface area contributed by atoms with Crippen LogP contribution in [0.25, 0.3) is 0 Å². The van der Waals surface area contributed by atoms with Crippen LogP contribution in [0.2, 0.25) is 5.02 Å². The topological polar surface area (TPSA) is 126 Å². The van der Waals surface area contributed by atoms with Crippen LogP contribution in [0.1, 0.15) is 26.7 Å². The zero-order valence-electron chi connectivity index (χ0n) is 19.1. The van der Waals surface area contributed by atoms with Gasteiger partial charge in [0.05, 0.1) is 13.7 Å². The van der Waals surface area contributed by atoms with Crippen molar-refractivity contribution < 1.29 is 24.2 Å². The minimum atomic E-state index is -0.787. The number of nitrogens with zero attached hydrogens (tertiary/aromatic N) is 2. The Morgan fingerprint density at radius 3 is 2.79 bits per heavy atom. The standard InChI is InChI=1S/C23H31ClN4O5/c1-15(2)12-17(23(31)27-20(25)8-10-26-9-5-11-29)28-14-16(13-21(28)30)33-19-7-4-6-18(32-3)22(19)24/h4,6-8,10,13,15,17,26,29H,5,9,11-12,14H2,1-3H3,(H2,25,27,31)/b10-8-/t17-/m0/s1. The molecule has 180 valence electrons. The van der Waals surface area contributed by atoms with E-state index in [9.17, 15) is 9.59 Å². The van der Waals surface area contributed by atoms with Gasteiger partial charge < -0.3 is 30.5 Å².